The summed E-state index contributed by atoms with van der Waals surface area (Å²) in [6.07, 6.45) is 3.04. The molecular weight excluding hydrogens is 498 g/mol. The van der Waals surface area contributed by atoms with Crippen LogP contribution in [0.1, 0.15) is 71.3 Å². The van der Waals surface area contributed by atoms with Gasteiger partial charge in [-0.25, -0.2) is 18.7 Å². The number of aromatic nitrogens is 3. The molecule has 3 amide bonds. The first-order chi connectivity index (χ1) is 18.0. The van der Waals surface area contributed by atoms with E-state index < -0.39 is 24.1 Å². The van der Waals surface area contributed by atoms with Crippen molar-refractivity contribution in [2.45, 2.75) is 57.7 Å². The summed E-state index contributed by atoms with van der Waals surface area (Å²) in [6.45, 7) is 1.66. The largest absolute Gasteiger partial charge is 0.474 e. The Labute approximate surface area is 217 Å². The summed E-state index contributed by atoms with van der Waals surface area (Å²) in [6, 6.07) is 6.35. The fraction of sp³-hybridized carbons (Fsp3) is 0.423. The molecule has 3 N–H and O–H groups in total. The number of nitrogens with two attached hydrogens (primary N) is 1. The van der Waals surface area contributed by atoms with Crippen LogP contribution in [0.15, 0.2) is 36.7 Å². The highest BCUT2D eigenvalue weighted by molar-refractivity contribution is 5.99. The lowest BCUT2D eigenvalue weighted by atomic mass is 9.53. The minimum atomic E-state index is -2.88. The van der Waals surface area contributed by atoms with Crippen molar-refractivity contribution < 1.29 is 27.9 Å². The molecule has 0 saturated heterocycles. The van der Waals surface area contributed by atoms with E-state index in [4.69, 9.17) is 10.5 Å². The smallest absolute Gasteiger partial charge is 0.295 e. The predicted octanol–water partition coefficient (Wildman–Crippen LogP) is 2.86. The zero-order valence-corrected chi connectivity index (χ0v) is 21.0. The summed E-state index contributed by atoms with van der Waals surface area (Å²) in [5.41, 5.74) is 6.51. The van der Waals surface area contributed by atoms with E-state index in [9.17, 15) is 23.2 Å². The first-order valence-corrected chi connectivity index (χ1v) is 12.3. The van der Waals surface area contributed by atoms with Crippen molar-refractivity contribution in [2.75, 3.05) is 7.05 Å². The number of pyridine rings is 2. The van der Waals surface area contributed by atoms with E-state index >= 15 is 0 Å². The Hall–Kier alpha value is -4.09. The standard InChI is InChI=1S/C26H28F2N6O4/c1-14(35)33(2)12-15-5-6-19-20(32-23(21(27)28)34(19)13-15)24(37)31-16-8-26(9-16)10-17(11-26)38-25-18(22(29)36)4-3-7-30-25/h3-7,13,16-17,21H,8-12H2,1-2H3,(H2,29,36)(H,31,37). The lowest BCUT2D eigenvalue weighted by Gasteiger charge is -2.57. The Morgan fingerprint density at radius 2 is 1.97 bits per heavy atom. The molecule has 2 saturated carbocycles. The number of ether oxygens (including phenoxy) is 1. The lowest BCUT2D eigenvalue weighted by molar-refractivity contribution is -0.128. The van der Waals surface area contributed by atoms with Crippen LogP contribution in [0.3, 0.4) is 0 Å². The number of nitrogens with zero attached hydrogens (tertiary/aromatic N) is 4. The van der Waals surface area contributed by atoms with Crippen LogP contribution >= 0.6 is 0 Å². The van der Waals surface area contributed by atoms with Gasteiger partial charge in [0.1, 0.15) is 11.7 Å². The molecule has 3 heterocycles. The van der Waals surface area contributed by atoms with Gasteiger partial charge in [-0.05, 0) is 54.9 Å². The van der Waals surface area contributed by atoms with E-state index in [2.05, 4.69) is 15.3 Å². The van der Waals surface area contributed by atoms with Crippen LogP contribution in [0, 0.1) is 5.41 Å². The van der Waals surface area contributed by atoms with Gasteiger partial charge in [-0.15, -0.1) is 0 Å². The lowest BCUT2D eigenvalue weighted by Crippen LogP contribution is -2.58. The van der Waals surface area contributed by atoms with Gasteiger partial charge >= 0.3 is 0 Å². The molecule has 3 aromatic heterocycles. The fourth-order valence-corrected chi connectivity index (χ4v) is 5.45. The van der Waals surface area contributed by atoms with E-state index in [1.54, 1.807) is 31.3 Å². The molecule has 0 radical (unpaired) electrons. The number of rotatable bonds is 8. The number of hydrogen-bond acceptors (Lipinski definition) is 6. The van der Waals surface area contributed by atoms with Crippen LogP contribution in [0.4, 0.5) is 8.78 Å². The normalized spacial score (nSPS) is 22.1. The average Bonchev–Trinajstić information content (AvgIpc) is 3.20. The summed E-state index contributed by atoms with van der Waals surface area (Å²) in [7, 11) is 1.62. The Morgan fingerprint density at radius 1 is 1.24 bits per heavy atom. The van der Waals surface area contributed by atoms with Crippen LogP contribution in [0.25, 0.3) is 5.52 Å². The number of hydrogen-bond donors (Lipinski definition) is 2. The molecule has 0 aromatic carbocycles. The molecule has 2 aliphatic carbocycles. The van der Waals surface area contributed by atoms with Crippen molar-refractivity contribution in [1.82, 2.24) is 24.6 Å². The maximum Gasteiger partial charge on any atom is 0.295 e. The Bertz CT molecular complexity index is 1410. The van der Waals surface area contributed by atoms with Crippen molar-refractivity contribution in [1.29, 1.82) is 0 Å². The van der Waals surface area contributed by atoms with E-state index in [0.717, 1.165) is 25.7 Å². The van der Waals surface area contributed by atoms with Crippen LogP contribution in [-0.4, -0.2) is 56.2 Å². The van der Waals surface area contributed by atoms with E-state index in [-0.39, 0.29) is 52.7 Å². The fourth-order valence-electron chi connectivity index (χ4n) is 5.45. The second-order valence-corrected chi connectivity index (χ2v) is 10.2. The maximum absolute atomic E-state index is 13.7. The van der Waals surface area contributed by atoms with Crippen molar-refractivity contribution >= 4 is 23.2 Å². The Kier molecular flexibility index (Phi) is 6.49. The third kappa shape index (κ3) is 4.77. The highest BCUT2D eigenvalue weighted by Gasteiger charge is 2.54. The van der Waals surface area contributed by atoms with Crippen LogP contribution in [0.5, 0.6) is 5.88 Å². The molecule has 5 rings (SSSR count). The molecule has 10 nitrogen and oxygen atoms in total. The molecule has 2 fully saturated rings. The quantitative estimate of drug-likeness (QED) is 0.464. The van der Waals surface area contributed by atoms with Gasteiger partial charge in [-0.1, -0.05) is 6.07 Å². The summed E-state index contributed by atoms with van der Waals surface area (Å²) in [5.74, 6) is -1.56. The molecule has 1 spiro atoms. The summed E-state index contributed by atoms with van der Waals surface area (Å²) in [5, 5.41) is 2.92. The summed E-state index contributed by atoms with van der Waals surface area (Å²) in [4.78, 5) is 45.6. The second kappa shape index (κ2) is 9.66. The van der Waals surface area contributed by atoms with E-state index in [1.807, 2.05) is 0 Å². The number of nitrogens with one attached hydrogen (secondary N) is 1. The van der Waals surface area contributed by atoms with Gasteiger partial charge in [0.25, 0.3) is 18.2 Å². The molecule has 3 aromatic rings. The SMILES string of the molecule is CC(=O)N(C)Cc1ccc2c(C(=O)NC3CC4(C3)CC(Oc3ncccc3C(N)=O)C4)nc(C(F)F)n2c1. The molecule has 0 aliphatic heterocycles. The van der Waals surface area contributed by atoms with Crippen molar-refractivity contribution in [3.8, 4) is 5.88 Å². The maximum atomic E-state index is 13.7. The molecule has 200 valence electrons. The number of alkyl halides is 2. The molecule has 0 atom stereocenters. The van der Waals surface area contributed by atoms with Gasteiger partial charge < -0.3 is 20.7 Å². The topological polar surface area (TPSA) is 132 Å². The number of fused-ring (bicyclic) bond motifs is 1. The molecule has 12 heteroatoms. The van der Waals surface area contributed by atoms with Crippen molar-refractivity contribution in [3.05, 3.63) is 59.3 Å². The van der Waals surface area contributed by atoms with Crippen molar-refractivity contribution in [3.63, 3.8) is 0 Å². The van der Waals surface area contributed by atoms with Gasteiger partial charge in [0.15, 0.2) is 11.5 Å². The van der Waals surface area contributed by atoms with Crippen LogP contribution < -0.4 is 15.8 Å². The number of amides is 3. The zero-order valence-electron chi connectivity index (χ0n) is 21.0. The number of carbonyl (C=O) groups is 3. The number of imidazole rings is 1. The second-order valence-electron chi connectivity index (χ2n) is 10.2. The summed E-state index contributed by atoms with van der Waals surface area (Å²) < 4.78 is 34.6. The zero-order chi connectivity index (χ0) is 27.2. The highest BCUT2D eigenvalue weighted by Crippen LogP contribution is 2.56. The average molecular weight is 527 g/mol. The first kappa shape index (κ1) is 25.6. The van der Waals surface area contributed by atoms with E-state index in [1.165, 1.54) is 28.6 Å². The molecule has 0 unspecified atom stereocenters. The minimum absolute atomic E-state index is 0.0340. The van der Waals surface area contributed by atoms with Crippen LogP contribution in [0.2, 0.25) is 0 Å². The van der Waals surface area contributed by atoms with Crippen molar-refractivity contribution in [2.24, 2.45) is 11.1 Å². The van der Waals surface area contributed by atoms with E-state index in [0.29, 0.717) is 5.56 Å². The summed E-state index contributed by atoms with van der Waals surface area (Å²) >= 11 is 0. The van der Waals surface area contributed by atoms with Gasteiger partial charge in [0.05, 0.1) is 5.52 Å². The third-order valence-electron chi connectivity index (χ3n) is 7.42. The monoisotopic (exact) mass is 526 g/mol. The van der Waals surface area contributed by atoms with Gasteiger partial charge in [0.2, 0.25) is 11.8 Å². The van der Waals surface area contributed by atoms with Crippen LogP contribution in [-0.2, 0) is 11.3 Å². The highest BCUT2D eigenvalue weighted by atomic mass is 19.3. The molecule has 2 aliphatic rings. The molecule has 0 bridgehead atoms. The van der Waals surface area contributed by atoms with Gasteiger partial charge in [-0.2, -0.15) is 0 Å². The minimum Gasteiger partial charge on any atom is -0.474 e. The number of carbonyl (C=O) groups excluding carboxylic acids is 3. The Morgan fingerprint density at radius 3 is 2.63 bits per heavy atom. The first-order valence-electron chi connectivity index (χ1n) is 12.3. The Balaban J connectivity index is 1.21. The number of primary amides is 1. The predicted molar refractivity (Wildman–Crippen MR) is 132 cm³/mol. The molecular formula is C26H28F2N6O4. The van der Waals surface area contributed by atoms with Gasteiger partial charge in [0, 0.05) is 39.0 Å². The molecule has 38 heavy (non-hydrogen) atoms. The van der Waals surface area contributed by atoms with Gasteiger partial charge in [-0.3, -0.25) is 18.8 Å². The number of halogens is 2. The third-order valence-corrected chi connectivity index (χ3v) is 7.42.